The van der Waals surface area contributed by atoms with Crippen LogP contribution in [0.2, 0.25) is 0 Å². The third-order valence-electron chi connectivity index (χ3n) is 4.39. The molecular formula is C20H16FN3O3. The Labute approximate surface area is 153 Å². The van der Waals surface area contributed by atoms with Crippen molar-refractivity contribution in [2.45, 2.75) is 13.1 Å². The average molecular weight is 365 g/mol. The number of halogens is 1. The van der Waals surface area contributed by atoms with E-state index in [9.17, 15) is 14.0 Å². The minimum atomic E-state index is -0.413. The van der Waals surface area contributed by atoms with Crippen LogP contribution in [0.5, 0.6) is 0 Å². The molecule has 4 rings (SSSR count). The highest BCUT2D eigenvalue weighted by molar-refractivity contribution is 6.01. The van der Waals surface area contributed by atoms with Crippen LogP contribution in [0.1, 0.15) is 5.56 Å². The minimum Gasteiger partial charge on any atom is -0.448 e. The number of furan rings is 1. The topological polar surface area (TPSA) is 68.3 Å². The average Bonchev–Trinajstić information content (AvgIpc) is 3.03. The lowest BCUT2D eigenvalue weighted by molar-refractivity contribution is -0.131. The number of amides is 1. The van der Waals surface area contributed by atoms with Gasteiger partial charge in [-0.2, -0.15) is 0 Å². The van der Waals surface area contributed by atoms with Crippen molar-refractivity contribution in [3.63, 3.8) is 0 Å². The molecule has 0 aliphatic carbocycles. The number of benzene rings is 2. The third-order valence-corrected chi connectivity index (χ3v) is 4.39. The van der Waals surface area contributed by atoms with Crippen molar-refractivity contribution >= 4 is 28.0 Å². The summed E-state index contributed by atoms with van der Waals surface area (Å²) in [5, 5.41) is 0.756. The van der Waals surface area contributed by atoms with Crippen LogP contribution in [-0.2, 0) is 17.9 Å². The van der Waals surface area contributed by atoms with Crippen molar-refractivity contribution in [2.24, 2.45) is 0 Å². The van der Waals surface area contributed by atoms with Crippen molar-refractivity contribution in [1.29, 1.82) is 0 Å². The maximum Gasteiger partial charge on any atom is 0.297 e. The summed E-state index contributed by atoms with van der Waals surface area (Å²) in [5.41, 5.74) is 1.43. The van der Waals surface area contributed by atoms with E-state index >= 15 is 0 Å². The quantitative estimate of drug-likeness (QED) is 0.558. The van der Waals surface area contributed by atoms with E-state index in [4.69, 9.17) is 4.42 Å². The van der Waals surface area contributed by atoms with Crippen molar-refractivity contribution in [3.05, 3.63) is 76.6 Å². The van der Waals surface area contributed by atoms with Gasteiger partial charge < -0.3 is 9.32 Å². The second kappa shape index (κ2) is 6.68. The van der Waals surface area contributed by atoms with E-state index in [0.717, 1.165) is 5.39 Å². The van der Waals surface area contributed by atoms with Gasteiger partial charge >= 0.3 is 0 Å². The fourth-order valence-corrected chi connectivity index (χ4v) is 2.99. The maximum atomic E-state index is 13.3. The van der Waals surface area contributed by atoms with Crippen LogP contribution in [0.4, 0.5) is 4.39 Å². The maximum absolute atomic E-state index is 13.3. The Bertz CT molecular complexity index is 1210. The summed E-state index contributed by atoms with van der Waals surface area (Å²) in [6, 6.07) is 13.3. The Morgan fingerprint density at radius 2 is 2.04 bits per heavy atom. The smallest absolute Gasteiger partial charge is 0.297 e. The first-order valence-electron chi connectivity index (χ1n) is 8.38. The number of rotatable bonds is 4. The van der Waals surface area contributed by atoms with Gasteiger partial charge in [0.25, 0.3) is 5.56 Å². The normalized spacial score (nSPS) is 11.2. The van der Waals surface area contributed by atoms with Crippen molar-refractivity contribution in [1.82, 2.24) is 14.5 Å². The van der Waals surface area contributed by atoms with Gasteiger partial charge in [-0.05, 0) is 29.8 Å². The number of fused-ring (bicyclic) bond motifs is 3. The summed E-state index contributed by atoms with van der Waals surface area (Å²) in [7, 11) is 1.60. The zero-order valence-electron chi connectivity index (χ0n) is 14.6. The summed E-state index contributed by atoms with van der Waals surface area (Å²) < 4.78 is 20.1. The van der Waals surface area contributed by atoms with E-state index in [-0.39, 0.29) is 30.4 Å². The molecule has 4 aromatic rings. The molecule has 2 heterocycles. The molecule has 7 heteroatoms. The van der Waals surface area contributed by atoms with Gasteiger partial charge in [0, 0.05) is 19.0 Å². The number of carbonyl (C=O) groups is 1. The van der Waals surface area contributed by atoms with Crippen LogP contribution in [0.25, 0.3) is 22.1 Å². The molecule has 1 amide bonds. The number of hydrogen-bond donors (Lipinski definition) is 0. The predicted octanol–water partition coefficient (Wildman–Crippen LogP) is 2.94. The second-order valence-electron chi connectivity index (χ2n) is 6.33. The number of aromatic nitrogens is 2. The molecular weight excluding hydrogens is 349 g/mol. The molecule has 0 aliphatic rings. The Kier molecular flexibility index (Phi) is 4.19. The molecule has 0 saturated heterocycles. The molecule has 0 unspecified atom stereocenters. The van der Waals surface area contributed by atoms with E-state index in [2.05, 4.69) is 4.98 Å². The molecule has 0 saturated carbocycles. The van der Waals surface area contributed by atoms with Gasteiger partial charge in [-0.3, -0.25) is 14.2 Å². The lowest BCUT2D eigenvalue weighted by atomic mass is 10.2. The zero-order chi connectivity index (χ0) is 19.0. The minimum absolute atomic E-state index is 0.124. The molecule has 0 N–H and O–H groups in total. The lowest BCUT2D eigenvalue weighted by Crippen LogP contribution is -2.33. The molecule has 0 spiro atoms. The third kappa shape index (κ3) is 3.19. The summed E-state index contributed by atoms with van der Waals surface area (Å²) in [6.45, 7) is 0.0658. The first-order chi connectivity index (χ1) is 13.0. The van der Waals surface area contributed by atoms with E-state index in [1.54, 1.807) is 25.2 Å². The molecule has 0 atom stereocenters. The molecule has 136 valence electrons. The summed E-state index contributed by atoms with van der Waals surface area (Å²) >= 11 is 0. The highest BCUT2D eigenvalue weighted by Gasteiger charge is 2.16. The molecule has 2 aromatic heterocycles. The van der Waals surface area contributed by atoms with E-state index in [0.29, 0.717) is 16.7 Å². The standard InChI is InChI=1S/C20H16FN3O3/c1-23(10-13-5-4-6-14(21)9-13)17(25)11-24-12-22-18-15-7-2-3-8-16(15)27-19(18)20(24)26/h2-9,12H,10-11H2,1H3. The Morgan fingerprint density at radius 3 is 2.85 bits per heavy atom. The van der Waals surface area contributed by atoms with Crippen LogP contribution in [0.15, 0.2) is 64.1 Å². The van der Waals surface area contributed by atoms with Gasteiger partial charge in [-0.1, -0.05) is 24.3 Å². The molecule has 2 aromatic carbocycles. The Hall–Kier alpha value is -3.48. The largest absolute Gasteiger partial charge is 0.448 e. The first-order valence-corrected chi connectivity index (χ1v) is 8.38. The number of nitrogens with zero attached hydrogens (tertiary/aromatic N) is 3. The molecule has 0 aliphatic heterocycles. The van der Waals surface area contributed by atoms with Gasteiger partial charge in [0.2, 0.25) is 11.5 Å². The van der Waals surface area contributed by atoms with E-state index in [1.165, 1.54) is 27.9 Å². The molecule has 27 heavy (non-hydrogen) atoms. The van der Waals surface area contributed by atoms with Crippen LogP contribution in [0, 0.1) is 5.82 Å². The van der Waals surface area contributed by atoms with Gasteiger partial charge in [0.1, 0.15) is 23.5 Å². The number of likely N-dealkylation sites (N-methyl/N-ethyl adjacent to an activating group) is 1. The number of carbonyl (C=O) groups excluding carboxylic acids is 1. The molecule has 6 nitrogen and oxygen atoms in total. The van der Waals surface area contributed by atoms with Gasteiger partial charge in [-0.25, -0.2) is 9.37 Å². The lowest BCUT2D eigenvalue weighted by Gasteiger charge is -2.17. The van der Waals surface area contributed by atoms with Gasteiger partial charge in [0.15, 0.2) is 0 Å². The second-order valence-corrected chi connectivity index (χ2v) is 6.33. The van der Waals surface area contributed by atoms with E-state index in [1.807, 2.05) is 18.2 Å². The van der Waals surface area contributed by atoms with Crippen LogP contribution >= 0.6 is 0 Å². The van der Waals surface area contributed by atoms with Crippen LogP contribution < -0.4 is 5.56 Å². The highest BCUT2D eigenvalue weighted by Crippen LogP contribution is 2.24. The van der Waals surface area contributed by atoms with E-state index < -0.39 is 5.56 Å². The van der Waals surface area contributed by atoms with Crippen molar-refractivity contribution < 1.29 is 13.6 Å². The Balaban J connectivity index is 1.59. The monoisotopic (exact) mass is 365 g/mol. The van der Waals surface area contributed by atoms with Crippen LogP contribution in [-0.4, -0.2) is 27.4 Å². The number of hydrogen-bond acceptors (Lipinski definition) is 4. The molecule has 0 radical (unpaired) electrons. The SMILES string of the molecule is CN(Cc1cccc(F)c1)C(=O)Cn1cnc2c(oc3ccccc32)c1=O. The predicted molar refractivity (Wildman–Crippen MR) is 98.6 cm³/mol. The Morgan fingerprint density at radius 1 is 1.22 bits per heavy atom. The van der Waals surface area contributed by atoms with Gasteiger partial charge in [0.05, 0.1) is 6.33 Å². The summed E-state index contributed by atoms with van der Waals surface area (Å²) in [5.74, 6) is -0.650. The summed E-state index contributed by atoms with van der Waals surface area (Å²) in [6.07, 6.45) is 1.35. The fraction of sp³-hybridized carbons (Fsp3) is 0.150. The van der Waals surface area contributed by atoms with Gasteiger partial charge in [-0.15, -0.1) is 0 Å². The molecule has 0 bridgehead atoms. The van der Waals surface area contributed by atoms with Crippen molar-refractivity contribution in [2.75, 3.05) is 7.05 Å². The first kappa shape index (κ1) is 17.0. The van der Waals surface area contributed by atoms with Crippen molar-refractivity contribution in [3.8, 4) is 0 Å². The van der Waals surface area contributed by atoms with Crippen LogP contribution in [0.3, 0.4) is 0 Å². The fourth-order valence-electron chi connectivity index (χ4n) is 2.99. The number of para-hydroxylation sites is 1. The zero-order valence-corrected chi connectivity index (χ0v) is 14.6. The summed E-state index contributed by atoms with van der Waals surface area (Å²) in [4.78, 5) is 30.9. The molecule has 0 fully saturated rings. The highest BCUT2D eigenvalue weighted by atomic mass is 19.1.